The van der Waals surface area contributed by atoms with Crippen molar-refractivity contribution in [3.05, 3.63) is 16.3 Å². The highest BCUT2D eigenvalue weighted by molar-refractivity contribution is 7.19. The first-order valence-electron chi connectivity index (χ1n) is 11.6. The normalized spacial score (nSPS) is 25.7. The molecule has 0 spiro atoms. The van der Waals surface area contributed by atoms with E-state index in [0.717, 1.165) is 67.7 Å². The van der Waals surface area contributed by atoms with Crippen LogP contribution in [0.1, 0.15) is 62.2 Å². The predicted molar refractivity (Wildman–Crippen MR) is 122 cm³/mol. The van der Waals surface area contributed by atoms with Crippen molar-refractivity contribution >= 4 is 33.3 Å². The lowest BCUT2D eigenvalue weighted by Gasteiger charge is -2.38. The molecular formula is C23H33N5OS. The highest BCUT2D eigenvalue weighted by Gasteiger charge is 2.33. The number of nitrogens with two attached hydrogens (primary N) is 1. The van der Waals surface area contributed by atoms with E-state index >= 15 is 0 Å². The number of rotatable bonds is 4. The summed E-state index contributed by atoms with van der Waals surface area (Å²) >= 11 is 1.86. The van der Waals surface area contributed by atoms with Gasteiger partial charge in [-0.05, 0) is 76.4 Å². The summed E-state index contributed by atoms with van der Waals surface area (Å²) in [7, 11) is 0. The number of piperidine rings is 2. The van der Waals surface area contributed by atoms with Crippen molar-refractivity contribution in [2.75, 3.05) is 24.5 Å². The fraction of sp³-hybridized carbons (Fsp3) is 0.696. The van der Waals surface area contributed by atoms with E-state index in [4.69, 9.17) is 15.7 Å². The second-order valence-electron chi connectivity index (χ2n) is 9.64. The van der Waals surface area contributed by atoms with Crippen molar-refractivity contribution < 1.29 is 4.79 Å². The van der Waals surface area contributed by atoms with Crippen LogP contribution in [0.2, 0.25) is 0 Å². The number of nitrogens with zero attached hydrogens (tertiary/aromatic N) is 4. The van der Waals surface area contributed by atoms with Gasteiger partial charge in [0.2, 0.25) is 5.91 Å². The Balaban J connectivity index is 1.53. The van der Waals surface area contributed by atoms with E-state index in [1.165, 1.54) is 35.1 Å². The summed E-state index contributed by atoms with van der Waals surface area (Å²) in [6.45, 7) is 8.35. The van der Waals surface area contributed by atoms with E-state index in [1.54, 1.807) is 0 Å². The van der Waals surface area contributed by atoms with Crippen molar-refractivity contribution in [3.63, 3.8) is 0 Å². The van der Waals surface area contributed by atoms with Crippen LogP contribution in [0.15, 0.2) is 0 Å². The maximum Gasteiger partial charge on any atom is 0.222 e. The Morgan fingerprint density at radius 3 is 2.70 bits per heavy atom. The average molecular weight is 428 g/mol. The molecule has 2 aromatic heterocycles. The summed E-state index contributed by atoms with van der Waals surface area (Å²) in [5.74, 6) is 2.53. The summed E-state index contributed by atoms with van der Waals surface area (Å²) in [6, 6.07) is 0.360. The Morgan fingerprint density at radius 1 is 1.13 bits per heavy atom. The third kappa shape index (κ3) is 3.71. The van der Waals surface area contributed by atoms with Crippen molar-refractivity contribution in [1.29, 1.82) is 0 Å². The largest absolute Gasteiger partial charge is 0.369 e. The number of anilines is 1. The molecule has 6 nitrogen and oxygen atoms in total. The average Bonchev–Trinajstić information content (AvgIpc) is 3.30. The van der Waals surface area contributed by atoms with Gasteiger partial charge in [-0.1, -0.05) is 6.92 Å². The Labute approximate surface area is 182 Å². The van der Waals surface area contributed by atoms with Gasteiger partial charge in [-0.2, -0.15) is 0 Å². The van der Waals surface area contributed by atoms with E-state index < -0.39 is 0 Å². The molecule has 0 saturated carbocycles. The number of carbonyl (C=O) groups excluding carboxylic acids is 1. The number of fused-ring (bicyclic) bond motifs is 3. The molecule has 2 aromatic rings. The molecule has 7 heteroatoms. The molecule has 2 fully saturated rings. The maximum atomic E-state index is 12.0. The molecule has 5 rings (SSSR count). The topological polar surface area (TPSA) is 75.3 Å². The second-order valence-corrected chi connectivity index (χ2v) is 10.7. The minimum Gasteiger partial charge on any atom is -0.369 e. The van der Waals surface area contributed by atoms with Crippen LogP contribution >= 0.6 is 11.3 Å². The third-order valence-electron chi connectivity index (χ3n) is 7.39. The summed E-state index contributed by atoms with van der Waals surface area (Å²) in [5, 5.41) is 1.25. The highest BCUT2D eigenvalue weighted by atomic mass is 32.1. The van der Waals surface area contributed by atoms with E-state index in [2.05, 4.69) is 23.6 Å². The first-order valence-corrected chi connectivity index (χ1v) is 12.4. The molecule has 1 amide bonds. The van der Waals surface area contributed by atoms with E-state index in [0.29, 0.717) is 12.6 Å². The monoisotopic (exact) mass is 427 g/mol. The molecular weight excluding hydrogens is 394 g/mol. The van der Waals surface area contributed by atoms with Crippen LogP contribution in [0.3, 0.4) is 0 Å². The fourth-order valence-electron chi connectivity index (χ4n) is 5.35. The van der Waals surface area contributed by atoms with Gasteiger partial charge in [0.15, 0.2) is 0 Å². The van der Waals surface area contributed by atoms with Crippen molar-refractivity contribution in [3.8, 4) is 0 Å². The molecule has 2 unspecified atom stereocenters. The summed E-state index contributed by atoms with van der Waals surface area (Å²) in [6.07, 6.45) is 7.87. The SMILES string of the molecule is CC1CCN(Cc2nc(N3CC(C(N)=O)CCC3C)c3c4c(sc3n2)CCC4)CC1. The number of carbonyl (C=O) groups is 1. The van der Waals surface area contributed by atoms with Gasteiger partial charge in [0.25, 0.3) is 0 Å². The molecule has 0 aromatic carbocycles. The van der Waals surface area contributed by atoms with Crippen LogP contribution in [0, 0.1) is 11.8 Å². The van der Waals surface area contributed by atoms with Gasteiger partial charge in [-0.25, -0.2) is 9.97 Å². The number of aromatic nitrogens is 2. The van der Waals surface area contributed by atoms with Crippen LogP contribution < -0.4 is 10.6 Å². The van der Waals surface area contributed by atoms with E-state index in [-0.39, 0.29) is 11.8 Å². The second kappa shape index (κ2) is 8.08. The molecule has 2 aliphatic heterocycles. The third-order valence-corrected chi connectivity index (χ3v) is 8.58. The zero-order chi connectivity index (χ0) is 20.8. The Hall–Kier alpha value is -1.73. The molecule has 0 radical (unpaired) electrons. The summed E-state index contributed by atoms with van der Waals surface area (Å²) in [4.78, 5) is 29.6. The zero-order valence-corrected chi connectivity index (χ0v) is 19.0. The minimum absolute atomic E-state index is 0.0927. The minimum atomic E-state index is -0.185. The zero-order valence-electron chi connectivity index (χ0n) is 18.2. The van der Waals surface area contributed by atoms with Gasteiger partial charge in [-0.15, -0.1) is 11.3 Å². The standard InChI is InChI=1S/C23H33N5OS/c1-14-8-10-27(11-9-14)13-19-25-22(28-12-16(21(24)29)7-6-15(28)2)20-17-4-3-5-18(17)30-23(20)26-19/h14-16H,3-13H2,1-2H3,(H2,24,29). The molecule has 4 heterocycles. The molecule has 0 bridgehead atoms. The lowest BCUT2D eigenvalue weighted by molar-refractivity contribution is -0.122. The van der Waals surface area contributed by atoms with Crippen LogP contribution in [0.4, 0.5) is 5.82 Å². The molecule has 162 valence electrons. The van der Waals surface area contributed by atoms with Gasteiger partial charge >= 0.3 is 0 Å². The van der Waals surface area contributed by atoms with Crippen LogP contribution in [0.5, 0.6) is 0 Å². The van der Waals surface area contributed by atoms with Crippen LogP contribution in [-0.2, 0) is 24.2 Å². The number of thiophene rings is 1. The Bertz CT molecular complexity index is 949. The van der Waals surface area contributed by atoms with E-state index in [9.17, 15) is 4.79 Å². The number of hydrogen-bond acceptors (Lipinski definition) is 6. The lowest BCUT2D eigenvalue weighted by atomic mass is 9.92. The first-order chi connectivity index (χ1) is 14.5. The molecule has 2 atom stereocenters. The molecule has 30 heavy (non-hydrogen) atoms. The molecule has 3 aliphatic rings. The highest BCUT2D eigenvalue weighted by Crippen LogP contribution is 2.42. The first kappa shape index (κ1) is 20.2. The number of primary amides is 1. The number of hydrogen-bond donors (Lipinski definition) is 1. The van der Waals surface area contributed by atoms with Gasteiger partial charge in [0.05, 0.1) is 17.8 Å². The Kier molecular flexibility index (Phi) is 5.44. The van der Waals surface area contributed by atoms with Gasteiger partial charge in [0, 0.05) is 17.5 Å². The van der Waals surface area contributed by atoms with Gasteiger partial charge in [-0.3, -0.25) is 9.69 Å². The Morgan fingerprint density at radius 2 is 1.93 bits per heavy atom. The van der Waals surface area contributed by atoms with Crippen LogP contribution in [-0.4, -0.2) is 46.5 Å². The number of amides is 1. The predicted octanol–water partition coefficient (Wildman–Crippen LogP) is 3.50. The van der Waals surface area contributed by atoms with Gasteiger partial charge < -0.3 is 10.6 Å². The molecule has 2 N–H and O–H groups in total. The van der Waals surface area contributed by atoms with Gasteiger partial charge in [0.1, 0.15) is 16.5 Å². The molecule has 1 aliphatic carbocycles. The number of aryl methyl sites for hydroxylation is 2. The lowest BCUT2D eigenvalue weighted by Crippen LogP contribution is -2.46. The van der Waals surface area contributed by atoms with Crippen LogP contribution in [0.25, 0.3) is 10.2 Å². The summed E-state index contributed by atoms with van der Waals surface area (Å²) in [5.41, 5.74) is 7.15. The quantitative estimate of drug-likeness (QED) is 0.808. The van der Waals surface area contributed by atoms with Crippen molar-refractivity contribution in [2.45, 2.75) is 71.4 Å². The fourth-order valence-corrected chi connectivity index (χ4v) is 6.63. The van der Waals surface area contributed by atoms with Crippen molar-refractivity contribution in [2.24, 2.45) is 17.6 Å². The molecule has 2 saturated heterocycles. The van der Waals surface area contributed by atoms with E-state index in [1.807, 2.05) is 11.3 Å². The maximum absolute atomic E-state index is 12.0. The van der Waals surface area contributed by atoms with Crippen molar-refractivity contribution in [1.82, 2.24) is 14.9 Å². The smallest absolute Gasteiger partial charge is 0.222 e. The number of likely N-dealkylation sites (tertiary alicyclic amines) is 1. The summed E-state index contributed by atoms with van der Waals surface area (Å²) < 4.78 is 0.